The number of rotatable bonds is 2. The molecule has 0 saturated heterocycles. The lowest BCUT2D eigenvalue weighted by Crippen LogP contribution is -2.34. The lowest BCUT2D eigenvalue weighted by Gasteiger charge is -2.08. The Kier molecular flexibility index (Phi) is 3.28. The Morgan fingerprint density at radius 2 is 2.00 bits per heavy atom. The number of aromatic hydroxyl groups is 1. The summed E-state index contributed by atoms with van der Waals surface area (Å²) in [5.74, 6) is 0.484. The summed E-state index contributed by atoms with van der Waals surface area (Å²) < 4.78 is 1.14. The summed E-state index contributed by atoms with van der Waals surface area (Å²) in [4.78, 5) is 3.81. The molecule has 1 heterocycles. The molecule has 1 aromatic heterocycles. The number of hydrogen-bond acceptors (Lipinski definition) is 6. The third kappa shape index (κ3) is 2.76. The second-order valence-electron chi connectivity index (χ2n) is 4.11. The van der Waals surface area contributed by atoms with Crippen LogP contribution in [0.3, 0.4) is 0 Å². The fourth-order valence-electron chi connectivity index (χ4n) is 1.56. The lowest BCUT2D eigenvalue weighted by atomic mass is 10.1. The average Bonchev–Trinajstić information content (AvgIpc) is 2.36. The van der Waals surface area contributed by atoms with Crippen molar-refractivity contribution in [2.45, 2.75) is 13.3 Å². The summed E-state index contributed by atoms with van der Waals surface area (Å²) in [6, 6.07) is 6.53. The van der Waals surface area contributed by atoms with Crippen LogP contribution in [0.2, 0.25) is 0 Å². The predicted octanol–water partition coefficient (Wildman–Crippen LogP) is 0.422. The van der Waals surface area contributed by atoms with E-state index in [4.69, 9.17) is 16.6 Å². The molecule has 0 fully saturated rings. The maximum Gasteiger partial charge on any atom is 0.246 e. The van der Waals surface area contributed by atoms with Crippen LogP contribution in [0.1, 0.15) is 11.3 Å². The van der Waals surface area contributed by atoms with Gasteiger partial charge in [0, 0.05) is 6.42 Å². The van der Waals surface area contributed by atoms with Gasteiger partial charge in [0.2, 0.25) is 5.62 Å². The van der Waals surface area contributed by atoms with Crippen LogP contribution >= 0.6 is 0 Å². The van der Waals surface area contributed by atoms with Gasteiger partial charge in [0.25, 0.3) is 0 Å². The molecular formula is C12H14N6O. The quantitative estimate of drug-likeness (QED) is 0.460. The van der Waals surface area contributed by atoms with Crippen LogP contribution in [0.15, 0.2) is 24.3 Å². The molecule has 0 unspecified atom stereocenters. The number of aryl methyl sites for hydroxylation is 1. The Labute approximate surface area is 109 Å². The van der Waals surface area contributed by atoms with Crippen LogP contribution < -0.4 is 11.4 Å². The van der Waals surface area contributed by atoms with Crippen LogP contribution in [-0.2, 0) is 6.42 Å². The molecule has 0 aliphatic rings. The molecule has 19 heavy (non-hydrogen) atoms. The van der Waals surface area contributed by atoms with Crippen molar-refractivity contribution in [2.24, 2.45) is 0 Å². The van der Waals surface area contributed by atoms with Crippen LogP contribution in [0.4, 0.5) is 5.82 Å². The molecule has 0 spiro atoms. The zero-order valence-electron chi connectivity index (χ0n) is 10.4. The number of nitrogens with one attached hydrogen (secondary N) is 2. The molecule has 0 aliphatic heterocycles. The van der Waals surface area contributed by atoms with Gasteiger partial charge in [0.05, 0.1) is 0 Å². The van der Waals surface area contributed by atoms with E-state index in [0.29, 0.717) is 5.69 Å². The fourth-order valence-corrected chi connectivity index (χ4v) is 1.56. The molecule has 0 radical (unpaired) electrons. The van der Waals surface area contributed by atoms with E-state index in [1.165, 1.54) is 0 Å². The van der Waals surface area contributed by atoms with Crippen molar-refractivity contribution in [3.05, 3.63) is 41.1 Å². The van der Waals surface area contributed by atoms with Crippen LogP contribution in [0, 0.1) is 17.7 Å². The molecular weight excluding hydrogens is 244 g/mol. The first-order valence-corrected chi connectivity index (χ1v) is 5.61. The van der Waals surface area contributed by atoms with Gasteiger partial charge in [0.1, 0.15) is 17.3 Å². The van der Waals surface area contributed by atoms with Crippen LogP contribution in [0.5, 0.6) is 5.75 Å². The van der Waals surface area contributed by atoms with E-state index in [2.05, 4.69) is 10.1 Å². The van der Waals surface area contributed by atoms with E-state index in [0.717, 1.165) is 10.2 Å². The van der Waals surface area contributed by atoms with Crippen molar-refractivity contribution in [3.63, 3.8) is 0 Å². The molecule has 0 atom stereocenters. The van der Waals surface area contributed by atoms with E-state index in [1.807, 2.05) is 0 Å². The van der Waals surface area contributed by atoms with Crippen molar-refractivity contribution >= 4 is 11.7 Å². The molecule has 1 aromatic carbocycles. The van der Waals surface area contributed by atoms with Gasteiger partial charge in [-0.15, -0.1) is 0 Å². The largest absolute Gasteiger partial charge is 0.508 e. The topological polar surface area (TPSA) is 125 Å². The van der Waals surface area contributed by atoms with Gasteiger partial charge in [-0.3, -0.25) is 10.8 Å². The third-order valence-electron chi connectivity index (χ3n) is 2.61. The van der Waals surface area contributed by atoms with Crippen LogP contribution in [0.25, 0.3) is 0 Å². The number of benzene rings is 1. The molecule has 7 nitrogen and oxygen atoms in total. The highest BCUT2D eigenvalue weighted by Crippen LogP contribution is 2.10. The first-order chi connectivity index (χ1) is 8.97. The standard InChI is InChI=1S/C12H14N6O/c1-7-11(14)16-12(15)18(17-7)10(13)6-8-2-4-9(19)5-3-8/h2-5,13,19H,6H2,1H3,(H3,14,15,16). The summed E-state index contributed by atoms with van der Waals surface area (Å²) in [6.07, 6.45) is 0.287. The van der Waals surface area contributed by atoms with Gasteiger partial charge >= 0.3 is 0 Å². The molecule has 7 heteroatoms. The zero-order chi connectivity index (χ0) is 14.0. The Morgan fingerprint density at radius 1 is 1.37 bits per heavy atom. The number of nitrogens with two attached hydrogens (primary N) is 1. The molecule has 0 aliphatic carbocycles. The highest BCUT2D eigenvalue weighted by Gasteiger charge is 2.07. The monoisotopic (exact) mass is 258 g/mol. The number of nitrogens with zero attached hydrogens (tertiary/aromatic N) is 3. The van der Waals surface area contributed by atoms with E-state index < -0.39 is 0 Å². The Hall–Kier alpha value is -2.70. The van der Waals surface area contributed by atoms with Gasteiger partial charge in [0.15, 0.2) is 5.82 Å². The van der Waals surface area contributed by atoms with Crippen molar-refractivity contribution in [3.8, 4) is 5.75 Å². The highest BCUT2D eigenvalue weighted by atomic mass is 16.3. The number of aromatic nitrogens is 3. The number of phenolic OH excluding ortho intramolecular Hbond substituents is 1. The lowest BCUT2D eigenvalue weighted by molar-refractivity contribution is 0.475. The molecule has 0 amide bonds. The van der Waals surface area contributed by atoms with Gasteiger partial charge in [-0.25, -0.2) is 0 Å². The van der Waals surface area contributed by atoms with Gasteiger partial charge in [-0.05, 0) is 24.6 Å². The van der Waals surface area contributed by atoms with Crippen LogP contribution in [-0.4, -0.2) is 25.7 Å². The summed E-state index contributed by atoms with van der Waals surface area (Å²) in [5.41, 5.74) is 6.70. The molecule has 0 saturated carbocycles. The molecule has 5 N–H and O–H groups in total. The highest BCUT2D eigenvalue weighted by molar-refractivity contribution is 5.82. The maximum absolute atomic E-state index is 9.19. The van der Waals surface area contributed by atoms with E-state index >= 15 is 0 Å². The molecule has 2 rings (SSSR count). The van der Waals surface area contributed by atoms with Crippen molar-refractivity contribution < 1.29 is 5.11 Å². The van der Waals surface area contributed by atoms with E-state index in [1.54, 1.807) is 31.2 Å². The average molecular weight is 258 g/mol. The molecule has 0 bridgehead atoms. The SMILES string of the molecule is Cc1nn(C(=N)Cc2ccc(O)cc2)c(=N)nc1N. The van der Waals surface area contributed by atoms with Gasteiger partial charge in [-0.1, -0.05) is 12.1 Å². The summed E-state index contributed by atoms with van der Waals surface area (Å²) in [5, 5.41) is 28.9. The predicted molar refractivity (Wildman–Crippen MR) is 70.0 cm³/mol. The van der Waals surface area contributed by atoms with E-state index in [-0.39, 0.29) is 29.4 Å². The third-order valence-corrected chi connectivity index (χ3v) is 2.61. The number of anilines is 1. The second-order valence-corrected chi connectivity index (χ2v) is 4.11. The molecule has 98 valence electrons. The van der Waals surface area contributed by atoms with Crippen molar-refractivity contribution in [1.82, 2.24) is 14.8 Å². The fraction of sp³-hybridized carbons (Fsp3) is 0.167. The second kappa shape index (κ2) is 4.89. The normalized spacial score (nSPS) is 10.4. The summed E-state index contributed by atoms with van der Waals surface area (Å²) >= 11 is 0. The first-order valence-electron chi connectivity index (χ1n) is 5.61. The Balaban J connectivity index is 2.28. The first kappa shape index (κ1) is 12.7. The summed E-state index contributed by atoms with van der Waals surface area (Å²) in [6.45, 7) is 1.67. The number of phenols is 1. The Bertz CT molecular complexity index is 674. The van der Waals surface area contributed by atoms with E-state index in [9.17, 15) is 5.11 Å². The number of hydrogen-bond donors (Lipinski definition) is 4. The smallest absolute Gasteiger partial charge is 0.246 e. The number of nitrogen functional groups attached to an aromatic ring is 1. The maximum atomic E-state index is 9.19. The van der Waals surface area contributed by atoms with Crippen molar-refractivity contribution in [2.75, 3.05) is 5.73 Å². The minimum atomic E-state index is -0.174. The zero-order valence-corrected chi connectivity index (χ0v) is 10.4. The minimum Gasteiger partial charge on any atom is -0.508 e. The minimum absolute atomic E-state index is 0.117. The van der Waals surface area contributed by atoms with Gasteiger partial charge < -0.3 is 10.8 Å². The molecule has 2 aromatic rings. The summed E-state index contributed by atoms with van der Waals surface area (Å²) in [7, 11) is 0. The Morgan fingerprint density at radius 3 is 2.63 bits per heavy atom. The van der Waals surface area contributed by atoms with Crippen molar-refractivity contribution in [1.29, 1.82) is 10.8 Å². The van der Waals surface area contributed by atoms with Gasteiger partial charge in [-0.2, -0.15) is 14.8 Å².